The average Bonchev–Trinajstić information content (AvgIpc) is 1.95. The molecule has 3 nitrogen and oxygen atoms in total. The van der Waals surface area contributed by atoms with Crippen molar-refractivity contribution >= 4 is 16.6 Å². The number of nitrogens with zero attached hydrogens (tertiary/aromatic N) is 1. The zero-order valence-corrected chi connectivity index (χ0v) is 7.28. The summed E-state index contributed by atoms with van der Waals surface area (Å²) in [6.45, 7) is 2.88. The van der Waals surface area contributed by atoms with E-state index in [1.54, 1.807) is 0 Å². The number of hydrogen-bond acceptors (Lipinski definition) is 3. The Morgan fingerprint density at radius 2 is 2.10 bits per heavy atom. The van der Waals surface area contributed by atoms with Crippen LogP contribution in [0.5, 0.6) is 0 Å². The first kappa shape index (κ1) is 8.51. The summed E-state index contributed by atoms with van der Waals surface area (Å²) in [6, 6.07) is 0. The van der Waals surface area contributed by atoms with Crippen LogP contribution in [0.4, 0.5) is 0 Å². The zero-order valence-electron chi connectivity index (χ0n) is 6.12. The van der Waals surface area contributed by atoms with Gasteiger partial charge in [-0.3, -0.25) is 5.84 Å². The molecule has 1 aliphatic rings. The molecule has 0 spiro atoms. The van der Waals surface area contributed by atoms with E-state index >= 15 is 0 Å². The molecule has 0 unspecified atom stereocenters. The van der Waals surface area contributed by atoms with Crippen LogP contribution in [0.3, 0.4) is 0 Å². The molecule has 0 aromatic rings. The third-order valence-corrected chi connectivity index (χ3v) is 2.17. The second kappa shape index (κ2) is 4.32. The third kappa shape index (κ3) is 2.57. The van der Waals surface area contributed by atoms with E-state index in [1.165, 1.54) is 12.8 Å². The molecule has 0 amide bonds. The molecule has 4 heteroatoms. The Kier molecular flexibility index (Phi) is 3.68. The Morgan fingerprint density at radius 1 is 1.50 bits per heavy atom. The highest BCUT2D eigenvalue weighted by Crippen LogP contribution is 2.14. The fourth-order valence-electron chi connectivity index (χ4n) is 1.26. The summed E-state index contributed by atoms with van der Waals surface area (Å²) in [7, 11) is 0. The lowest BCUT2D eigenvalue weighted by Gasteiger charge is -2.28. The summed E-state index contributed by atoms with van der Waals surface area (Å²) in [5, 5.41) is 1.87. The van der Waals surface area contributed by atoms with Gasteiger partial charge in [-0.2, -0.15) is 0 Å². The van der Waals surface area contributed by atoms with E-state index in [0.29, 0.717) is 0 Å². The maximum Gasteiger partial charge on any atom is 0.369 e. The average molecular weight is 156 g/mol. The standard InChI is InChI=1S/C6H13N2O.Al/c7-8-3-1-6(5-9)2-4-8;/h6H,1-5,7H2;/q-1;+1. The van der Waals surface area contributed by atoms with Crippen molar-refractivity contribution in [2.75, 3.05) is 19.7 Å². The molecule has 1 saturated heterocycles. The van der Waals surface area contributed by atoms with Crippen LogP contribution >= 0.6 is 0 Å². The number of nitrogens with two attached hydrogens (primary N) is 1. The number of rotatable bonds is 2. The Labute approximate surface area is 70.2 Å². The Morgan fingerprint density at radius 3 is 2.60 bits per heavy atom. The molecule has 0 aliphatic carbocycles. The molecule has 0 saturated carbocycles. The molecule has 0 atom stereocenters. The van der Waals surface area contributed by atoms with Gasteiger partial charge in [-0.25, -0.2) is 5.01 Å². The van der Waals surface area contributed by atoms with E-state index in [2.05, 4.69) is 16.6 Å². The molecule has 56 valence electrons. The van der Waals surface area contributed by atoms with Crippen molar-refractivity contribution in [2.45, 2.75) is 12.8 Å². The maximum absolute atomic E-state index is 5.58. The van der Waals surface area contributed by atoms with Crippen LogP contribution in [0.2, 0.25) is 0 Å². The van der Waals surface area contributed by atoms with Crippen molar-refractivity contribution in [2.24, 2.45) is 11.8 Å². The smallest absolute Gasteiger partial charge is 0.369 e. The van der Waals surface area contributed by atoms with E-state index < -0.39 is 0 Å². The molecule has 1 heterocycles. The second-order valence-corrected chi connectivity index (χ2v) is 3.15. The quantitative estimate of drug-likeness (QED) is 0.439. The van der Waals surface area contributed by atoms with Gasteiger partial charge in [-0.15, -0.1) is 0 Å². The first-order chi connectivity index (χ1) is 4.83. The van der Waals surface area contributed by atoms with Crippen LogP contribution in [0.15, 0.2) is 0 Å². The summed E-state index contributed by atoms with van der Waals surface area (Å²) >= 11 is 2.29. The summed E-state index contributed by atoms with van der Waals surface area (Å²) in [5.41, 5.74) is 0. The van der Waals surface area contributed by atoms with Crippen LogP contribution in [0, 0.1) is 5.92 Å². The molecular formula is C6H13AlN2O. The fraction of sp³-hybridized carbons (Fsp3) is 1.00. The van der Waals surface area contributed by atoms with Gasteiger partial charge in [0.1, 0.15) is 0 Å². The van der Waals surface area contributed by atoms with Crippen LogP contribution < -0.4 is 5.84 Å². The summed E-state index contributed by atoms with van der Waals surface area (Å²) < 4.78 is 4.97. The molecule has 1 fully saturated rings. The van der Waals surface area contributed by atoms with Gasteiger partial charge in [0.05, 0.1) is 0 Å². The Balaban J connectivity index is 2.13. The summed E-state index contributed by atoms with van der Waals surface area (Å²) in [5.74, 6) is 6.30. The van der Waals surface area contributed by atoms with Crippen LogP contribution in [-0.4, -0.2) is 41.3 Å². The van der Waals surface area contributed by atoms with E-state index in [9.17, 15) is 0 Å². The van der Waals surface area contributed by atoms with Gasteiger partial charge in [-0.05, 0) is 18.8 Å². The molecule has 0 aromatic heterocycles. The Hall–Kier alpha value is 0.412. The second-order valence-electron chi connectivity index (χ2n) is 2.81. The highest BCUT2D eigenvalue weighted by Gasteiger charge is 2.15. The van der Waals surface area contributed by atoms with Crippen molar-refractivity contribution in [1.82, 2.24) is 5.01 Å². The first-order valence-electron chi connectivity index (χ1n) is 3.64. The predicted molar refractivity (Wildman–Crippen MR) is 40.2 cm³/mol. The zero-order chi connectivity index (χ0) is 7.40. The Bertz CT molecular complexity index is 93.7. The minimum atomic E-state index is 0.720. The molecule has 2 radical (unpaired) electrons. The van der Waals surface area contributed by atoms with Gasteiger partial charge in [0.2, 0.25) is 0 Å². The largest absolute Gasteiger partial charge is 0.516 e. The van der Waals surface area contributed by atoms with Crippen molar-refractivity contribution in [3.8, 4) is 0 Å². The highest BCUT2D eigenvalue weighted by atomic mass is 27.1. The van der Waals surface area contributed by atoms with Gasteiger partial charge < -0.3 is 3.79 Å². The van der Waals surface area contributed by atoms with Crippen LogP contribution in [0.25, 0.3) is 0 Å². The maximum atomic E-state index is 5.58. The molecule has 10 heavy (non-hydrogen) atoms. The monoisotopic (exact) mass is 156 g/mol. The number of piperidine rings is 1. The van der Waals surface area contributed by atoms with Gasteiger partial charge in [0.25, 0.3) is 0 Å². The van der Waals surface area contributed by atoms with Gasteiger partial charge >= 0.3 is 16.6 Å². The van der Waals surface area contributed by atoms with Gasteiger partial charge in [-0.1, -0.05) is 0 Å². The predicted octanol–water partition coefficient (Wildman–Crippen LogP) is -0.328. The molecule has 0 bridgehead atoms. The molecule has 0 aromatic carbocycles. The van der Waals surface area contributed by atoms with E-state index in [0.717, 1.165) is 25.6 Å². The lowest BCUT2D eigenvalue weighted by atomic mass is 9.99. The van der Waals surface area contributed by atoms with Crippen molar-refractivity contribution in [3.05, 3.63) is 0 Å². The van der Waals surface area contributed by atoms with Crippen molar-refractivity contribution in [1.29, 1.82) is 0 Å². The summed E-state index contributed by atoms with van der Waals surface area (Å²) in [4.78, 5) is 0. The third-order valence-electron chi connectivity index (χ3n) is 1.98. The fourth-order valence-corrected chi connectivity index (χ4v) is 1.53. The lowest BCUT2D eigenvalue weighted by Crippen LogP contribution is -2.39. The molecule has 1 aliphatic heterocycles. The van der Waals surface area contributed by atoms with E-state index in [-0.39, 0.29) is 0 Å². The molecule has 2 N–H and O–H groups in total. The first-order valence-corrected chi connectivity index (χ1v) is 4.11. The summed E-state index contributed by atoms with van der Waals surface area (Å²) in [6.07, 6.45) is 2.34. The van der Waals surface area contributed by atoms with Gasteiger partial charge in [0.15, 0.2) is 0 Å². The lowest BCUT2D eigenvalue weighted by molar-refractivity contribution is 0.147. The van der Waals surface area contributed by atoms with E-state index in [1.807, 2.05) is 5.01 Å². The van der Waals surface area contributed by atoms with E-state index in [4.69, 9.17) is 9.63 Å². The highest BCUT2D eigenvalue weighted by molar-refractivity contribution is 5.97. The molecule has 1 rings (SSSR count). The van der Waals surface area contributed by atoms with Crippen molar-refractivity contribution in [3.63, 3.8) is 0 Å². The van der Waals surface area contributed by atoms with Crippen molar-refractivity contribution < 1.29 is 3.79 Å². The minimum absolute atomic E-state index is 0.720. The van der Waals surface area contributed by atoms with Crippen LogP contribution in [-0.2, 0) is 3.79 Å². The van der Waals surface area contributed by atoms with Crippen LogP contribution in [0.1, 0.15) is 12.8 Å². The normalized spacial score (nSPS) is 23.3. The minimum Gasteiger partial charge on any atom is -0.516 e. The van der Waals surface area contributed by atoms with Gasteiger partial charge in [0, 0.05) is 19.7 Å². The number of hydrazine groups is 1. The number of hydrogen-bond donors (Lipinski definition) is 1. The SMILES string of the molecule is NN1CCC(C[O][Al])CC1. The molecular weight excluding hydrogens is 143 g/mol. The topological polar surface area (TPSA) is 38.5 Å².